The predicted octanol–water partition coefficient (Wildman–Crippen LogP) is 7.47. The van der Waals surface area contributed by atoms with Crippen LogP contribution in [0, 0.1) is 0 Å². The Labute approximate surface area is 181 Å². The van der Waals surface area contributed by atoms with E-state index in [1.807, 2.05) is 65.6 Å². The molecule has 5 aromatic rings. The minimum absolute atomic E-state index is 0.0224. The van der Waals surface area contributed by atoms with Crippen molar-refractivity contribution in [1.82, 2.24) is 0 Å². The molecule has 0 fully saturated rings. The van der Waals surface area contributed by atoms with Gasteiger partial charge in [-0.25, -0.2) is 0 Å². The predicted molar refractivity (Wildman–Crippen MR) is 128 cm³/mol. The van der Waals surface area contributed by atoms with Gasteiger partial charge in [-0.3, -0.25) is 9.69 Å². The van der Waals surface area contributed by atoms with Crippen molar-refractivity contribution < 1.29 is 4.79 Å². The van der Waals surface area contributed by atoms with E-state index in [0.717, 1.165) is 50.0 Å². The van der Waals surface area contributed by atoms with E-state index in [4.69, 9.17) is 0 Å². The van der Waals surface area contributed by atoms with Crippen molar-refractivity contribution in [2.45, 2.75) is 0 Å². The first kappa shape index (κ1) is 17.7. The van der Waals surface area contributed by atoms with Gasteiger partial charge in [-0.2, -0.15) is 0 Å². The normalized spacial score (nSPS) is 12.5. The minimum atomic E-state index is 0.0224. The van der Waals surface area contributed by atoms with Crippen molar-refractivity contribution in [3.8, 4) is 22.3 Å². The lowest BCUT2D eigenvalue weighted by molar-refractivity contribution is 0.100. The Bertz CT molecular complexity index is 1420. The summed E-state index contributed by atoms with van der Waals surface area (Å²) >= 11 is 0. The highest BCUT2D eigenvalue weighted by atomic mass is 16.2. The van der Waals surface area contributed by atoms with Crippen LogP contribution in [0.25, 0.3) is 33.0 Å². The maximum Gasteiger partial charge on any atom is 0.263 e. The number of para-hydroxylation sites is 1. The molecular formula is C29H19NO. The summed E-state index contributed by atoms with van der Waals surface area (Å²) in [6.45, 7) is 0. The average Bonchev–Trinajstić information content (AvgIpc) is 3.13. The first-order valence-electron chi connectivity index (χ1n) is 10.4. The van der Waals surface area contributed by atoms with E-state index >= 15 is 0 Å². The number of hydrogen-bond donors (Lipinski definition) is 0. The third kappa shape index (κ3) is 2.69. The van der Waals surface area contributed by atoms with E-state index in [0.29, 0.717) is 0 Å². The van der Waals surface area contributed by atoms with Crippen LogP contribution >= 0.6 is 0 Å². The molecule has 1 aliphatic heterocycles. The maximum atomic E-state index is 13.6. The third-order valence-electron chi connectivity index (χ3n) is 5.98. The highest BCUT2D eigenvalue weighted by molar-refractivity contribution is 6.30. The molecule has 0 atom stereocenters. The highest BCUT2D eigenvalue weighted by Crippen LogP contribution is 2.48. The number of amides is 1. The molecule has 1 amide bonds. The van der Waals surface area contributed by atoms with Crippen LogP contribution in [0.4, 0.5) is 11.4 Å². The Kier molecular flexibility index (Phi) is 3.97. The van der Waals surface area contributed by atoms with Crippen molar-refractivity contribution in [3.05, 3.63) is 121 Å². The van der Waals surface area contributed by atoms with E-state index in [9.17, 15) is 4.79 Å². The molecule has 146 valence electrons. The topological polar surface area (TPSA) is 20.3 Å². The van der Waals surface area contributed by atoms with Gasteiger partial charge >= 0.3 is 0 Å². The summed E-state index contributed by atoms with van der Waals surface area (Å²) in [5.74, 6) is 0.0224. The first-order chi connectivity index (χ1) is 15.3. The van der Waals surface area contributed by atoms with Crippen LogP contribution in [0.1, 0.15) is 10.4 Å². The fourth-order valence-electron chi connectivity index (χ4n) is 4.64. The van der Waals surface area contributed by atoms with E-state index < -0.39 is 0 Å². The van der Waals surface area contributed by atoms with E-state index in [-0.39, 0.29) is 5.91 Å². The number of carbonyl (C=O) groups excluding carboxylic acids is 1. The van der Waals surface area contributed by atoms with Crippen LogP contribution in [0.5, 0.6) is 0 Å². The summed E-state index contributed by atoms with van der Waals surface area (Å²) < 4.78 is 0. The van der Waals surface area contributed by atoms with Gasteiger partial charge in [0, 0.05) is 11.1 Å². The van der Waals surface area contributed by atoms with Crippen LogP contribution < -0.4 is 4.90 Å². The molecule has 31 heavy (non-hydrogen) atoms. The van der Waals surface area contributed by atoms with Gasteiger partial charge in [0.05, 0.1) is 11.3 Å². The Morgan fingerprint density at radius 1 is 0.548 bits per heavy atom. The quantitative estimate of drug-likeness (QED) is 0.309. The Morgan fingerprint density at radius 3 is 1.84 bits per heavy atom. The molecule has 0 unspecified atom stereocenters. The van der Waals surface area contributed by atoms with Crippen molar-refractivity contribution >= 4 is 28.1 Å². The molecule has 2 heteroatoms. The van der Waals surface area contributed by atoms with Crippen LogP contribution in [0.15, 0.2) is 115 Å². The van der Waals surface area contributed by atoms with Gasteiger partial charge in [0.15, 0.2) is 0 Å². The second-order valence-corrected chi connectivity index (χ2v) is 7.75. The van der Waals surface area contributed by atoms with Gasteiger partial charge in [-0.1, -0.05) is 91.0 Å². The number of hydrogen-bond acceptors (Lipinski definition) is 1. The zero-order chi connectivity index (χ0) is 20.8. The van der Waals surface area contributed by atoms with Crippen molar-refractivity contribution in [1.29, 1.82) is 0 Å². The number of nitrogens with zero attached hydrogens (tertiary/aromatic N) is 1. The summed E-state index contributed by atoms with van der Waals surface area (Å²) in [5.41, 5.74) is 7.09. The number of carbonyl (C=O) groups is 1. The molecular weight excluding hydrogens is 378 g/mol. The Morgan fingerprint density at radius 2 is 1.16 bits per heavy atom. The highest BCUT2D eigenvalue weighted by Gasteiger charge is 2.33. The zero-order valence-electron chi connectivity index (χ0n) is 16.8. The smallest absolute Gasteiger partial charge is 0.263 e. The molecule has 2 nitrogen and oxygen atoms in total. The maximum absolute atomic E-state index is 13.6. The van der Waals surface area contributed by atoms with Crippen LogP contribution in [0.3, 0.4) is 0 Å². The first-order valence-corrected chi connectivity index (χ1v) is 10.4. The molecule has 1 heterocycles. The van der Waals surface area contributed by atoms with E-state index in [1.54, 1.807) is 0 Å². The molecule has 0 N–H and O–H groups in total. The van der Waals surface area contributed by atoms with Gasteiger partial charge in [0.25, 0.3) is 5.91 Å². The summed E-state index contributed by atoms with van der Waals surface area (Å²) in [7, 11) is 0. The van der Waals surface area contributed by atoms with Crippen LogP contribution in [-0.4, -0.2) is 5.91 Å². The number of anilines is 2. The Balaban J connectivity index is 1.72. The van der Waals surface area contributed by atoms with Gasteiger partial charge in [-0.05, 0) is 51.9 Å². The SMILES string of the molecule is O=C1c2cc(-c3ccccc3)c(-c3ccccc3)c3cccc(c23)N1c1ccccc1. The summed E-state index contributed by atoms with van der Waals surface area (Å²) in [6.07, 6.45) is 0. The number of rotatable bonds is 3. The van der Waals surface area contributed by atoms with Gasteiger partial charge in [0.2, 0.25) is 0 Å². The molecule has 0 spiro atoms. The fourth-order valence-corrected chi connectivity index (χ4v) is 4.64. The largest absolute Gasteiger partial charge is 0.276 e. The minimum Gasteiger partial charge on any atom is -0.276 e. The molecule has 5 aromatic carbocycles. The summed E-state index contributed by atoms with van der Waals surface area (Å²) in [5, 5.41) is 2.13. The lowest BCUT2D eigenvalue weighted by atomic mass is 9.87. The van der Waals surface area contributed by atoms with E-state index in [2.05, 4.69) is 54.6 Å². The molecule has 0 aliphatic carbocycles. The molecule has 0 aromatic heterocycles. The third-order valence-corrected chi connectivity index (χ3v) is 5.98. The molecule has 0 saturated heterocycles. The monoisotopic (exact) mass is 397 g/mol. The second kappa shape index (κ2) is 6.96. The summed E-state index contributed by atoms with van der Waals surface area (Å²) in [6, 6.07) is 39.0. The fraction of sp³-hybridized carbons (Fsp3) is 0. The average molecular weight is 397 g/mol. The van der Waals surface area contributed by atoms with Gasteiger partial charge in [-0.15, -0.1) is 0 Å². The lowest BCUT2D eigenvalue weighted by Gasteiger charge is -2.17. The number of benzene rings is 5. The lowest BCUT2D eigenvalue weighted by Crippen LogP contribution is -2.20. The van der Waals surface area contributed by atoms with Crippen molar-refractivity contribution in [2.75, 3.05) is 4.90 Å². The van der Waals surface area contributed by atoms with E-state index in [1.165, 1.54) is 0 Å². The molecule has 0 saturated carbocycles. The van der Waals surface area contributed by atoms with Crippen LogP contribution in [-0.2, 0) is 0 Å². The van der Waals surface area contributed by atoms with Crippen LogP contribution in [0.2, 0.25) is 0 Å². The summed E-state index contributed by atoms with van der Waals surface area (Å²) in [4.78, 5) is 15.5. The van der Waals surface area contributed by atoms with Gasteiger partial charge in [0.1, 0.15) is 0 Å². The van der Waals surface area contributed by atoms with Crippen molar-refractivity contribution in [2.24, 2.45) is 0 Å². The molecule has 6 rings (SSSR count). The van der Waals surface area contributed by atoms with Crippen molar-refractivity contribution in [3.63, 3.8) is 0 Å². The molecule has 1 aliphatic rings. The molecule has 0 radical (unpaired) electrons. The molecule has 0 bridgehead atoms. The van der Waals surface area contributed by atoms with Gasteiger partial charge < -0.3 is 0 Å². The Hall–Kier alpha value is -4.17. The zero-order valence-corrected chi connectivity index (χ0v) is 16.8. The standard InChI is InChI=1S/C29H19NO/c31-29-25-19-24(20-11-4-1-5-12-20)27(21-13-6-2-7-14-21)23-17-10-18-26(28(23)25)30(29)22-15-8-3-9-16-22/h1-19H. The second-order valence-electron chi connectivity index (χ2n) is 7.75.